The van der Waals surface area contributed by atoms with Gasteiger partial charge in [0.15, 0.2) is 0 Å². The highest BCUT2D eigenvalue weighted by molar-refractivity contribution is 7.05. The second-order valence-electron chi connectivity index (χ2n) is 4.63. The van der Waals surface area contributed by atoms with Crippen molar-refractivity contribution in [3.05, 3.63) is 10.6 Å². The lowest BCUT2D eigenvalue weighted by molar-refractivity contribution is 0.0394. The summed E-state index contributed by atoms with van der Waals surface area (Å²) in [5.74, 6) is 0.566. The Morgan fingerprint density at radius 2 is 2.47 bits per heavy atom. The maximum absolute atomic E-state index is 5.60. The Morgan fingerprint density at radius 3 is 3.06 bits per heavy atom. The molecule has 96 valence electrons. The molecule has 1 aromatic heterocycles. The number of rotatable bonds is 5. The van der Waals surface area contributed by atoms with E-state index in [0.29, 0.717) is 12.0 Å². The highest BCUT2D eigenvalue weighted by atomic mass is 32.1. The van der Waals surface area contributed by atoms with E-state index < -0.39 is 0 Å². The molecule has 2 heterocycles. The molecule has 17 heavy (non-hydrogen) atoms. The van der Waals surface area contributed by atoms with E-state index in [4.69, 9.17) is 4.74 Å². The van der Waals surface area contributed by atoms with Crippen LogP contribution in [0.1, 0.15) is 42.8 Å². The van der Waals surface area contributed by atoms with Gasteiger partial charge in [-0.2, -0.15) is 0 Å². The number of aryl methyl sites for hydroxylation is 1. The van der Waals surface area contributed by atoms with Gasteiger partial charge in [-0.15, -0.1) is 5.10 Å². The van der Waals surface area contributed by atoms with Crippen LogP contribution < -0.4 is 5.32 Å². The summed E-state index contributed by atoms with van der Waals surface area (Å²) in [6, 6.07) is 0.371. The summed E-state index contributed by atoms with van der Waals surface area (Å²) in [7, 11) is 0. The summed E-state index contributed by atoms with van der Waals surface area (Å²) in [5.41, 5.74) is 1.06. The molecule has 2 rings (SSSR count). The van der Waals surface area contributed by atoms with E-state index in [9.17, 15) is 0 Å². The third-order valence-electron chi connectivity index (χ3n) is 3.25. The average molecular weight is 255 g/mol. The lowest BCUT2D eigenvalue weighted by Crippen LogP contribution is -2.33. The molecule has 1 aromatic rings. The minimum absolute atomic E-state index is 0.371. The van der Waals surface area contributed by atoms with E-state index in [1.165, 1.54) is 29.3 Å². The third kappa shape index (κ3) is 3.24. The van der Waals surface area contributed by atoms with Gasteiger partial charge in [-0.1, -0.05) is 11.4 Å². The first kappa shape index (κ1) is 12.9. The Labute approximate surface area is 107 Å². The quantitative estimate of drug-likeness (QED) is 0.877. The Kier molecular flexibility index (Phi) is 4.88. The van der Waals surface area contributed by atoms with Gasteiger partial charge >= 0.3 is 0 Å². The highest BCUT2D eigenvalue weighted by Crippen LogP contribution is 2.31. The molecule has 0 aliphatic carbocycles. The van der Waals surface area contributed by atoms with Gasteiger partial charge < -0.3 is 10.1 Å². The number of ether oxygens (including phenoxy) is 1. The summed E-state index contributed by atoms with van der Waals surface area (Å²) < 4.78 is 9.66. The van der Waals surface area contributed by atoms with Crippen LogP contribution >= 0.6 is 11.5 Å². The van der Waals surface area contributed by atoms with Crippen LogP contribution in [0.15, 0.2) is 0 Å². The van der Waals surface area contributed by atoms with Crippen molar-refractivity contribution in [3.63, 3.8) is 0 Å². The normalized spacial score (nSPS) is 22.6. The molecule has 0 saturated carbocycles. The predicted octanol–water partition coefficient (Wildman–Crippen LogP) is 2.31. The molecule has 1 aliphatic heterocycles. The maximum Gasteiger partial charge on any atom is 0.0772 e. The molecular weight excluding hydrogens is 234 g/mol. The van der Waals surface area contributed by atoms with Gasteiger partial charge in [0.2, 0.25) is 0 Å². The Morgan fingerprint density at radius 1 is 1.59 bits per heavy atom. The van der Waals surface area contributed by atoms with Crippen LogP contribution in [0.2, 0.25) is 0 Å². The molecule has 0 aromatic carbocycles. The van der Waals surface area contributed by atoms with E-state index in [-0.39, 0.29) is 0 Å². The van der Waals surface area contributed by atoms with Gasteiger partial charge in [0.25, 0.3) is 0 Å². The van der Waals surface area contributed by atoms with Crippen molar-refractivity contribution in [3.8, 4) is 0 Å². The number of nitrogens with one attached hydrogen (secondary N) is 1. The van der Waals surface area contributed by atoms with Gasteiger partial charge in [0, 0.05) is 12.5 Å². The van der Waals surface area contributed by atoms with Gasteiger partial charge in [-0.05, 0) is 44.3 Å². The molecule has 0 amide bonds. The highest BCUT2D eigenvalue weighted by Gasteiger charge is 2.28. The van der Waals surface area contributed by atoms with Crippen molar-refractivity contribution >= 4 is 11.5 Å². The lowest BCUT2D eigenvalue weighted by atomic mass is 9.92. The van der Waals surface area contributed by atoms with E-state index in [0.717, 1.165) is 31.9 Å². The SMILES string of the molecule is CCCNC(c1snnc1C)C1CCCOC1. The molecule has 4 nitrogen and oxygen atoms in total. The van der Waals surface area contributed by atoms with E-state index in [1.54, 1.807) is 0 Å². The number of hydrogen-bond donors (Lipinski definition) is 1. The van der Waals surface area contributed by atoms with Crippen molar-refractivity contribution in [2.45, 2.75) is 39.2 Å². The number of nitrogens with zero attached hydrogens (tertiary/aromatic N) is 2. The van der Waals surface area contributed by atoms with Crippen molar-refractivity contribution in [1.29, 1.82) is 0 Å². The van der Waals surface area contributed by atoms with Crippen LogP contribution in [0.5, 0.6) is 0 Å². The topological polar surface area (TPSA) is 47.0 Å². The second-order valence-corrected chi connectivity index (χ2v) is 5.42. The Bertz CT molecular complexity index is 336. The number of hydrogen-bond acceptors (Lipinski definition) is 5. The monoisotopic (exact) mass is 255 g/mol. The smallest absolute Gasteiger partial charge is 0.0772 e. The van der Waals surface area contributed by atoms with Crippen LogP contribution in [-0.2, 0) is 4.74 Å². The molecule has 2 atom stereocenters. The second kappa shape index (κ2) is 6.42. The zero-order chi connectivity index (χ0) is 12.1. The standard InChI is InChI=1S/C12H21N3OS/c1-3-6-13-11(10-5-4-7-16-8-10)12-9(2)14-15-17-12/h10-11,13H,3-8H2,1-2H3. The first-order chi connectivity index (χ1) is 8.33. The van der Waals surface area contributed by atoms with E-state index in [2.05, 4.69) is 21.8 Å². The molecule has 5 heteroatoms. The summed E-state index contributed by atoms with van der Waals surface area (Å²) >= 11 is 1.52. The van der Waals surface area contributed by atoms with Crippen LogP contribution in [0.25, 0.3) is 0 Å². The first-order valence-corrected chi connectivity index (χ1v) is 7.20. The third-order valence-corrected chi connectivity index (χ3v) is 4.16. The predicted molar refractivity (Wildman–Crippen MR) is 69.2 cm³/mol. The molecule has 2 unspecified atom stereocenters. The molecule has 0 bridgehead atoms. The summed E-state index contributed by atoms with van der Waals surface area (Å²) in [5, 5.41) is 7.76. The molecule has 0 radical (unpaired) electrons. The van der Waals surface area contributed by atoms with Crippen LogP contribution in [0.4, 0.5) is 0 Å². The Hall–Kier alpha value is -0.520. The average Bonchev–Trinajstić information content (AvgIpc) is 2.78. The first-order valence-electron chi connectivity index (χ1n) is 6.43. The number of aromatic nitrogens is 2. The van der Waals surface area contributed by atoms with Gasteiger partial charge in [0.05, 0.1) is 23.2 Å². The minimum Gasteiger partial charge on any atom is -0.381 e. The molecule has 1 aliphatic rings. The van der Waals surface area contributed by atoms with Crippen molar-refractivity contribution in [1.82, 2.24) is 14.9 Å². The summed E-state index contributed by atoms with van der Waals surface area (Å²) in [6.07, 6.45) is 3.55. The van der Waals surface area contributed by atoms with Crippen LogP contribution in [0.3, 0.4) is 0 Å². The fourth-order valence-corrected chi connectivity index (χ4v) is 3.14. The molecule has 1 N–H and O–H groups in total. The van der Waals surface area contributed by atoms with Gasteiger partial charge in [-0.25, -0.2) is 0 Å². The van der Waals surface area contributed by atoms with Crippen molar-refractivity contribution in [2.75, 3.05) is 19.8 Å². The fraction of sp³-hybridized carbons (Fsp3) is 0.833. The van der Waals surface area contributed by atoms with Gasteiger partial charge in [0.1, 0.15) is 0 Å². The van der Waals surface area contributed by atoms with E-state index in [1.807, 2.05) is 6.92 Å². The largest absolute Gasteiger partial charge is 0.381 e. The summed E-state index contributed by atoms with van der Waals surface area (Å²) in [4.78, 5) is 1.29. The lowest BCUT2D eigenvalue weighted by Gasteiger charge is -2.30. The molecule has 1 saturated heterocycles. The van der Waals surface area contributed by atoms with E-state index >= 15 is 0 Å². The maximum atomic E-state index is 5.60. The van der Waals surface area contributed by atoms with Crippen LogP contribution in [0, 0.1) is 12.8 Å². The molecule has 0 spiro atoms. The zero-order valence-corrected chi connectivity index (χ0v) is 11.4. The molecular formula is C12H21N3OS. The minimum atomic E-state index is 0.371. The zero-order valence-electron chi connectivity index (χ0n) is 10.6. The van der Waals surface area contributed by atoms with Crippen molar-refractivity contribution < 1.29 is 4.74 Å². The van der Waals surface area contributed by atoms with Crippen LogP contribution in [-0.4, -0.2) is 29.3 Å². The molecule has 1 fully saturated rings. The van der Waals surface area contributed by atoms with Crippen molar-refractivity contribution in [2.24, 2.45) is 5.92 Å². The summed E-state index contributed by atoms with van der Waals surface area (Å²) in [6.45, 7) is 7.05. The fourth-order valence-electron chi connectivity index (χ4n) is 2.32. The Balaban J connectivity index is 2.09. The van der Waals surface area contributed by atoms with Gasteiger partial charge in [-0.3, -0.25) is 0 Å².